The summed E-state index contributed by atoms with van der Waals surface area (Å²) in [5.41, 5.74) is 0.419. The quantitative estimate of drug-likeness (QED) is 0.754. The van der Waals surface area contributed by atoms with Crippen molar-refractivity contribution in [2.45, 2.75) is 13.0 Å². The predicted octanol–water partition coefficient (Wildman–Crippen LogP) is 1.86. The van der Waals surface area contributed by atoms with E-state index in [1.165, 1.54) is 25.3 Å². The van der Waals surface area contributed by atoms with Gasteiger partial charge in [0, 0.05) is 12.7 Å². The maximum absolute atomic E-state index is 12.8. The minimum absolute atomic E-state index is 0.0748. The molecular formula is C10H13FO3. The average Bonchev–Trinajstić information content (AvgIpc) is 2.15. The Balaban J connectivity index is 2.90. The highest BCUT2D eigenvalue weighted by Crippen LogP contribution is 2.25. The second-order valence-corrected chi connectivity index (χ2v) is 2.91. The minimum Gasteiger partial charge on any atom is -0.467 e. The molecule has 0 heterocycles. The van der Waals surface area contributed by atoms with E-state index in [2.05, 4.69) is 0 Å². The van der Waals surface area contributed by atoms with Gasteiger partial charge in [0.25, 0.3) is 0 Å². The molecule has 0 bridgehead atoms. The molecule has 3 nitrogen and oxygen atoms in total. The number of hydrogen-bond acceptors (Lipinski definition) is 3. The summed E-state index contributed by atoms with van der Waals surface area (Å²) in [7, 11) is 1.49. The van der Waals surface area contributed by atoms with E-state index >= 15 is 0 Å². The first kappa shape index (κ1) is 10.9. The van der Waals surface area contributed by atoms with Gasteiger partial charge in [-0.25, -0.2) is 4.39 Å². The maximum atomic E-state index is 12.8. The van der Waals surface area contributed by atoms with Crippen molar-refractivity contribution in [3.05, 3.63) is 29.6 Å². The van der Waals surface area contributed by atoms with Crippen LogP contribution in [0.2, 0.25) is 0 Å². The summed E-state index contributed by atoms with van der Waals surface area (Å²) in [4.78, 5) is 0. The Hall–Kier alpha value is -1.13. The zero-order chi connectivity index (χ0) is 10.6. The second-order valence-electron chi connectivity index (χ2n) is 2.91. The zero-order valence-electron chi connectivity index (χ0n) is 8.16. The number of methoxy groups -OCH3 is 1. The van der Waals surface area contributed by atoms with E-state index < -0.39 is 11.9 Å². The van der Waals surface area contributed by atoms with E-state index in [1.54, 1.807) is 6.92 Å². The summed E-state index contributed by atoms with van der Waals surface area (Å²) in [6.45, 7) is 1.62. The monoisotopic (exact) mass is 200 g/mol. The van der Waals surface area contributed by atoms with E-state index in [4.69, 9.17) is 9.47 Å². The summed E-state index contributed by atoms with van der Waals surface area (Å²) in [5, 5.41) is 9.34. The normalized spacial score (nSPS) is 12.6. The van der Waals surface area contributed by atoms with Gasteiger partial charge in [-0.1, -0.05) is 0 Å². The molecule has 14 heavy (non-hydrogen) atoms. The van der Waals surface area contributed by atoms with E-state index in [-0.39, 0.29) is 6.79 Å². The Bertz CT molecular complexity index is 299. The molecule has 0 unspecified atom stereocenters. The molecule has 0 amide bonds. The predicted molar refractivity (Wildman–Crippen MR) is 49.5 cm³/mol. The lowest BCUT2D eigenvalue weighted by Gasteiger charge is -2.12. The van der Waals surface area contributed by atoms with Crippen LogP contribution in [0.4, 0.5) is 4.39 Å². The van der Waals surface area contributed by atoms with Crippen molar-refractivity contribution in [2.75, 3.05) is 13.9 Å². The molecule has 0 aliphatic rings. The molecule has 4 heteroatoms. The number of halogens is 1. The van der Waals surface area contributed by atoms with Crippen molar-refractivity contribution in [3.63, 3.8) is 0 Å². The highest BCUT2D eigenvalue weighted by molar-refractivity contribution is 5.35. The van der Waals surface area contributed by atoms with Crippen LogP contribution < -0.4 is 4.74 Å². The smallest absolute Gasteiger partial charge is 0.188 e. The van der Waals surface area contributed by atoms with Crippen LogP contribution in [0.3, 0.4) is 0 Å². The molecule has 0 spiro atoms. The lowest BCUT2D eigenvalue weighted by molar-refractivity contribution is 0.0483. The number of ether oxygens (including phenoxy) is 2. The summed E-state index contributed by atoms with van der Waals surface area (Å²) in [6, 6.07) is 3.99. The van der Waals surface area contributed by atoms with Crippen LogP contribution in [0.1, 0.15) is 18.6 Å². The molecule has 78 valence electrons. The topological polar surface area (TPSA) is 38.7 Å². The van der Waals surface area contributed by atoms with Gasteiger partial charge >= 0.3 is 0 Å². The Morgan fingerprint density at radius 3 is 2.79 bits per heavy atom. The van der Waals surface area contributed by atoms with Crippen LogP contribution in [0, 0.1) is 5.82 Å². The van der Waals surface area contributed by atoms with Gasteiger partial charge in [-0.15, -0.1) is 0 Å². The Morgan fingerprint density at radius 2 is 2.21 bits per heavy atom. The van der Waals surface area contributed by atoms with Crippen LogP contribution in [0.15, 0.2) is 18.2 Å². The van der Waals surface area contributed by atoms with Crippen LogP contribution in [0.5, 0.6) is 5.75 Å². The molecule has 0 aromatic heterocycles. The summed E-state index contributed by atoms with van der Waals surface area (Å²) >= 11 is 0. The van der Waals surface area contributed by atoms with E-state index in [0.29, 0.717) is 11.3 Å². The third kappa shape index (κ3) is 2.68. The fourth-order valence-electron chi connectivity index (χ4n) is 1.10. The van der Waals surface area contributed by atoms with E-state index in [9.17, 15) is 9.50 Å². The molecular weight excluding hydrogens is 187 g/mol. The van der Waals surface area contributed by atoms with Crippen molar-refractivity contribution in [1.82, 2.24) is 0 Å². The van der Waals surface area contributed by atoms with Crippen LogP contribution in [0.25, 0.3) is 0 Å². The molecule has 1 atom stereocenters. The SMILES string of the molecule is COCOc1ccc(F)cc1[C@@H](C)O. The largest absolute Gasteiger partial charge is 0.467 e. The van der Waals surface area contributed by atoms with Crippen molar-refractivity contribution >= 4 is 0 Å². The molecule has 0 saturated heterocycles. The van der Waals surface area contributed by atoms with Crippen LogP contribution in [-0.4, -0.2) is 19.0 Å². The van der Waals surface area contributed by atoms with Gasteiger partial charge in [0.05, 0.1) is 6.10 Å². The molecule has 1 rings (SSSR count). The third-order valence-electron chi connectivity index (χ3n) is 1.75. The highest BCUT2D eigenvalue weighted by atomic mass is 19.1. The lowest BCUT2D eigenvalue weighted by atomic mass is 10.1. The minimum atomic E-state index is -0.766. The van der Waals surface area contributed by atoms with Gasteiger partial charge in [0.15, 0.2) is 6.79 Å². The lowest BCUT2D eigenvalue weighted by Crippen LogP contribution is -2.03. The Kier molecular flexibility index (Phi) is 3.85. The third-order valence-corrected chi connectivity index (χ3v) is 1.75. The molecule has 0 radical (unpaired) electrons. The van der Waals surface area contributed by atoms with Gasteiger partial charge in [0.1, 0.15) is 11.6 Å². The molecule has 1 aromatic rings. The first-order chi connectivity index (χ1) is 6.65. The van der Waals surface area contributed by atoms with Crippen molar-refractivity contribution in [3.8, 4) is 5.75 Å². The number of hydrogen-bond donors (Lipinski definition) is 1. The Labute approximate surface area is 82.1 Å². The summed E-state index contributed by atoms with van der Waals surface area (Å²) in [5.74, 6) is 0.0360. The van der Waals surface area contributed by atoms with Gasteiger partial charge < -0.3 is 14.6 Å². The number of aliphatic hydroxyl groups is 1. The van der Waals surface area contributed by atoms with Gasteiger partial charge in [-0.3, -0.25) is 0 Å². The van der Waals surface area contributed by atoms with Crippen LogP contribution >= 0.6 is 0 Å². The first-order valence-electron chi connectivity index (χ1n) is 4.24. The fourth-order valence-corrected chi connectivity index (χ4v) is 1.10. The number of rotatable bonds is 4. The van der Waals surface area contributed by atoms with Crippen molar-refractivity contribution < 1.29 is 19.0 Å². The zero-order valence-corrected chi connectivity index (χ0v) is 8.16. The van der Waals surface area contributed by atoms with Gasteiger partial charge in [-0.2, -0.15) is 0 Å². The van der Waals surface area contributed by atoms with Crippen molar-refractivity contribution in [1.29, 1.82) is 0 Å². The number of benzene rings is 1. The fraction of sp³-hybridized carbons (Fsp3) is 0.400. The Morgan fingerprint density at radius 1 is 1.50 bits per heavy atom. The summed E-state index contributed by atoms with van der Waals surface area (Å²) < 4.78 is 22.7. The summed E-state index contributed by atoms with van der Waals surface area (Å²) in [6.07, 6.45) is -0.766. The van der Waals surface area contributed by atoms with E-state index in [0.717, 1.165) is 0 Å². The molecule has 0 aliphatic heterocycles. The highest BCUT2D eigenvalue weighted by Gasteiger charge is 2.10. The number of aliphatic hydroxyl groups excluding tert-OH is 1. The van der Waals surface area contributed by atoms with Crippen molar-refractivity contribution in [2.24, 2.45) is 0 Å². The van der Waals surface area contributed by atoms with Gasteiger partial charge in [-0.05, 0) is 25.1 Å². The van der Waals surface area contributed by atoms with Crippen LogP contribution in [-0.2, 0) is 4.74 Å². The first-order valence-corrected chi connectivity index (χ1v) is 4.24. The molecule has 0 saturated carbocycles. The average molecular weight is 200 g/mol. The molecule has 0 fully saturated rings. The maximum Gasteiger partial charge on any atom is 0.188 e. The molecule has 1 N–H and O–H groups in total. The van der Waals surface area contributed by atoms with Gasteiger partial charge in [0.2, 0.25) is 0 Å². The molecule has 1 aromatic carbocycles. The molecule has 0 aliphatic carbocycles. The standard InChI is InChI=1S/C10H13FO3/c1-7(12)9-5-8(11)3-4-10(9)14-6-13-2/h3-5,7,12H,6H2,1-2H3/t7-/m1/s1. The second kappa shape index (κ2) is 4.93. The van der Waals surface area contributed by atoms with E-state index in [1.807, 2.05) is 0 Å².